The van der Waals surface area contributed by atoms with Gasteiger partial charge in [-0.1, -0.05) is 48.5 Å². The summed E-state index contributed by atoms with van der Waals surface area (Å²) in [4.78, 5) is 24.4. The molecule has 3 aromatic rings. The largest absolute Gasteiger partial charge is 0.484 e. The molecule has 3 rings (SSSR count). The van der Waals surface area contributed by atoms with Crippen molar-refractivity contribution in [1.82, 2.24) is 5.32 Å². The molecule has 0 aromatic heterocycles. The highest BCUT2D eigenvalue weighted by molar-refractivity contribution is 6.04. The van der Waals surface area contributed by atoms with Crippen molar-refractivity contribution in [1.29, 1.82) is 0 Å². The fraction of sp³-hybridized carbons (Fsp3) is 0.0909. The molecule has 0 aliphatic carbocycles. The Labute approximate surface area is 157 Å². The average molecular weight is 360 g/mol. The van der Waals surface area contributed by atoms with E-state index in [1.54, 1.807) is 30.3 Å². The summed E-state index contributed by atoms with van der Waals surface area (Å²) in [5.41, 5.74) is 0.824. The van der Waals surface area contributed by atoms with E-state index in [4.69, 9.17) is 4.74 Å². The molecule has 2 N–H and O–H groups in total. The molecule has 0 aliphatic rings. The molecule has 0 radical (unpaired) electrons. The lowest BCUT2D eigenvalue weighted by molar-refractivity contribution is -0.118. The Morgan fingerprint density at radius 2 is 1.70 bits per heavy atom. The minimum atomic E-state index is -0.341. The van der Waals surface area contributed by atoms with Crippen LogP contribution in [0.2, 0.25) is 0 Å². The first-order valence-corrected chi connectivity index (χ1v) is 8.57. The molecular weight excluding hydrogens is 340 g/mol. The number of hydrogen-bond acceptors (Lipinski definition) is 3. The first kappa shape index (κ1) is 18.2. The number of carbonyl (C=O) groups excluding carboxylic acids is 2. The molecule has 0 heterocycles. The maximum atomic E-state index is 12.3. The second-order valence-corrected chi connectivity index (χ2v) is 5.89. The van der Waals surface area contributed by atoms with E-state index in [0.29, 0.717) is 23.5 Å². The van der Waals surface area contributed by atoms with E-state index in [-0.39, 0.29) is 18.4 Å². The topological polar surface area (TPSA) is 67.4 Å². The van der Waals surface area contributed by atoms with Crippen molar-refractivity contribution in [2.45, 2.75) is 0 Å². The molecule has 5 heteroatoms. The summed E-state index contributed by atoms with van der Waals surface area (Å²) in [7, 11) is 0. The Hall–Kier alpha value is -3.60. The van der Waals surface area contributed by atoms with E-state index < -0.39 is 0 Å². The minimum Gasteiger partial charge on any atom is -0.484 e. The fourth-order valence-corrected chi connectivity index (χ4v) is 2.64. The number of fused-ring (bicyclic) bond motifs is 1. The summed E-state index contributed by atoms with van der Waals surface area (Å²) < 4.78 is 5.59. The average Bonchev–Trinajstić information content (AvgIpc) is 2.70. The molecule has 0 fully saturated rings. The predicted octanol–water partition coefficient (Wildman–Crippen LogP) is 3.77. The highest BCUT2D eigenvalue weighted by Crippen LogP contribution is 2.21. The Morgan fingerprint density at radius 3 is 2.52 bits per heavy atom. The Morgan fingerprint density at radius 1 is 0.963 bits per heavy atom. The molecule has 27 heavy (non-hydrogen) atoms. The summed E-state index contributed by atoms with van der Waals surface area (Å²) in [5.74, 6) is -0.00534. The molecule has 2 amide bonds. The third-order valence-corrected chi connectivity index (χ3v) is 3.94. The molecule has 5 nitrogen and oxygen atoms in total. The van der Waals surface area contributed by atoms with Crippen LogP contribution in [0.4, 0.5) is 5.69 Å². The summed E-state index contributed by atoms with van der Waals surface area (Å²) >= 11 is 0. The molecule has 0 aliphatic heterocycles. The van der Waals surface area contributed by atoms with Gasteiger partial charge >= 0.3 is 0 Å². The summed E-state index contributed by atoms with van der Waals surface area (Å²) in [6.07, 6.45) is 1.59. The quantitative estimate of drug-likeness (QED) is 0.630. The van der Waals surface area contributed by atoms with Gasteiger partial charge in [0.25, 0.3) is 11.8 Å². The number of para-hydroxylation sites is 1. The van der Waals surface area contributed by atoms with Gasteiger partial charge in [-0.05, 0) is 35.0 Å². The second kappa shape index (κ2) is 8.67. The second-order valence-electron chi connectivity index (χ2n) is 5.89. The van der Waals surface area contributed by atoms with Crippen molar-refractivity contribution in [3.8, 4) is 5.75 Å². The van der Waals surface area contributed by atoms with Crippen LogP contribution in [0.15, 0.2) is 79.4 Å². The van der Waals surface area contributed by atoms with Gasteiger partial charge in [0.15, 0.2) is 6.61 Å². The van der Waals surface area contributed by atoms with Crippen LogP contribution < -0.4 is 15.4 Å². The number of anilines is 1. The fourth-order valence-electron chi connectivity index (χ4n) is 2.64. The summed E-state index contributed by atoms with van der Waals surface area (Å²) in [6, 6.07) is 20.4. The highest BCUT2D eigenvalue weighted by Gasteiger charge is 2.12. The third kappa shape index (κ3) is 4.73. The van der Waals surface area contributed by atoms with Crippen LogP contribution in [0.25, 0.3) is 10.8 Å². The molecule has 0 saturated carbocycles. The lowest BCUT2D eigenvalue weighted by Gasteiger charge is -2.12. The van der Waals surface area contributed by atoms with Gasteiger partial charge in [0.05, 0.1) is 11.3 Å². The molecule has 0 atom stereocenters. The van der Waals surface area contributed by atoms with Gasteiger partial charge in [0, 0.05) is 6.54 Å². The highest BCUT2D eigenvalue weighted by atomic mass is 16.5. The molecule has 3 aromatic carbocycles. The van der Waals surface area contributed by atoms with Gasteiger partial charge in [0.2, 0.25) is 0 Å². The van der Waals surface area contributed by atoms with E-state index in [1.165, 1.54) is 0 Å². The Balaban J connectivity index is 1.63. The number of nitrogens with one attached hydrogen (secondary N) is 2. The molecular formula is C22H20N2O3. The van der Waals surface area contributed by atoms with Crippen molar-refractivity contribution in [2.75, 3.05) is 18.5 Å². The van der Waals surface area contributed by atoms with Gasteiger partial charge in [-0.2, -0.15) is 0 Å². The standard InChI is InChI=1S/C22H20N2O3/c1-2-13-23-22(26)19-9-5-6-10-20(19)24-21(25)15-27-18-12-11-16-7-3-4-8-17(16)14-18/h2-12,14H,1,13,15H2,(H,23,26)(H,24,25). The van der Waals surface area contributed by atoms with E-state index in [9.17, 15) is 9.59 Å². The zero-order valence-corrected chi connectivity index (χ0v) is 14.8. The van der Waals surface area contributed by atoms with E-state index in [2.05, 4.69) is 17.2 Å². The van der Waals surface area contributed by atoms with Crippen LogP contribution in [0, 0.1) is 0 Å². The first-order valence-electron chi connectivity index (χ1n) is 8.57. The summed E-state index contributed by atoms with van der Waals surface area (Å²) in [5, 5.41) is 7.57. The lowest BCUT2D eigenvalue weighted by atomic mass is 10.1. The minimum absolute atomic E-state index is 0.152. The van der Waals surface area contributed by atoms with Crippen molar-refractivity contribution in [3.05, 3.63) is 84.9 Å². The van der Waals surface area contributed by atoms with Gasteiger partial charge < -0.3 is 15.4 Å². The van der Waals surface area contributed by atoms with Crippen LogP contribution in [0.1, 0.15) is 10.4 Å². The smallest absolute Gasteiger partial charge is 0.262 e. The lowest BCUT2D eigenvalue weighted by Crippen LogP contribution is -2.26. The molecule has 0 unspecified atom stereocenters. The number of rotatable bonds is 7. The SMILES string of the molecule is C=CCNC(=O)c1ccccc1NC(=O)COc1ccc2ccccc2c1. The maximum absolute atomic E-state index is 12.3. The van der Waals surface area contributed by atoms with Crippen molar-refractivity contribution < 1.29 is 14.3 Å². The van der Waals surface area contributed by atoms with Crippen molar-refractivity contribution in [2.24, 2.45) is 0 Å². The van der Waals surface area contributed by atoms with Crippen LogP contribution in [0.3, 0.4) is 0 Å². The third-order valence-electron chi connectivity index (χ3n) is 3.94. The van der Waals surface area contributed by atoms with Gasteiger partial charge in [-0.25, -0.2) is 0 Å². The van der Waals surface area contributed by atoms with Crippen molar-refractivity contribution in [3.63, 3.8) is 0 Å². The van der Waals surface area contributed by atoms with Crippen LogP contribution in [-0.2, 0) is 4.79 Å². The molecule has 0 saturated heterocycles. The number of amides is 2. The van der Waals surface area contributed by atoms with E-state index in [0.717, 1.165) is 10.8 Å². The summed E-state index contributed by atoms with van der Waals surface area (Å²) in [6.45, 7) is 3.77. The van der Waals surface area contributed by atoms with Gasteiger partial charge in [0.1, 0.15) is 5.75 Å². The van der Waals surface area contributed by atoms with E-state index in [1.807, 2.05) is 42.5 Å². The number of benzene rings is 3. The molecule has 0 bridgehead atoms. The monoisotopic (exact) mass is 360 g/mol. The van der Waals surface area contributed by atoms with Crippen LogP contribution in [-0.4, -0.2) is 25.0 Å². The van der Waals surface area contributed by atoms with E-state index >= 15 is 0 Å². The van der Waals surface area contributed by atoms with Crippen LogP contribution >= 0.6 is 0 Å². The first-order chi connectivity index (χ1) is 13.2. The zero-order chi connectivity index (χ0) is 19.1. The molecule has 136 valence electrons. The Kier molecular flexibility index (Phi) is 5.84. The number of carbonyl (C=O) groups is 2. The van der Waals surface area contributed by atoms with Crippen LogP contribution in [0.5, 0.6) is 5.75 Å². The van der Waals surface area contributed by atoms with Crippen molar-refractivity contribution >= 4 is 28.3 Å². The Bertz CT molecular complexity index is 982. The zero-order valence-electron chi connectivity index (χ0n) is 14.8. The number of ether oxygens (including phenoxy) is 1. The number of hydrogen-bond donors (Lipinski definition) is 2. The predicted molar refractivity (Wildman–Crippen MR) is 107 cm³/mol. The molecule has 0 spiro atoms. The normalized spacial score (nSPS) is 10.2. The maximum Gasteiger partial charge on any atom is 0.262 e. The van der Waals surface area contributed by atoms with Gasteiger partial charge in [-0.15, -0.1) is 6.58 Å². The van der Waals surface area contributed by atoms with Gasteiger partial charge in [-0.3, -0.25) is 9.59 Å².